The molecule has 0 spiro atoms. The molecule has 2 N–H and O–H groups in total. The van der Waals surface area contributed by atoms with Crippen LogP contribution >= 0.6 is 0 Å². The summed E-state index contributed by atoms with van der Waals surface area (Å²) in [5.74, 6) is 0. The van der Waals surface area contributed by atoms with Gasteiger partial charge in [0.05, 0.1) is 0 Å². The molecule has 16 heavy (non-hydrogen) atoms. The Hall–Kier alpha value is -1.55. The fourth-order valence-corrected chi connectivity index (χ4v) is 1.95. The first-order valence-corrected chi connectivity index (χ1v) is 5.54. The van der Waals surface area contributed by atoms with E-state index in [4.69, 9.17) is 5.73 Å². The van der Waals surface area contributed by atoms with Crippen molar-refractivity contribution >= 4 is 11.7 Å². The summed E-state index contributed by atoms with van der Waals surface area (Å²) < 4.78 is 0. The summed E-state index contributed by atoms with van der Waals surface area (Å²) in [4.78, 5) is 15.5. The molecule has 1 aromatic carbocycles. The van der Waals surface area contributed by atoms with Gasteiger partial charge in [0.15, 0.2) is 0 Å². The third kappa shape index (κ3) is 2.02. The minimum absolute atomic E-state index is 0.0698. The van der Waals surface area contributed by atoms with Gasteiger partial charge in [-0.1, -0.05) is 12.1 Å². The number of urea groups is 1. The number of nitrogens with two attached hydrogens (primary N) is 1. The number of hydrogen-bond donors (Lipinski definition) is 1. The van der Waals surface area contributed by atoms with Gasteiger partial charge in [0.2, 0.25) is 0 Å². The quantitative estimate of drug-likeness (QED) is 0.817. The van der Waals surface area contributed by atoms with E-state index in [9.17, 15) is 4.79 Å². The topological polar surface area (TPSA) is 49.6 Å². The van der Waals surface area contributed by atoms with Crippen molar-refractivity contribution in [2.45, 2.75) is 13.0 Å². The average Bonchev–Trinajstić information content (AvgIpc) is 2.33. The van der Waals surface area contributed by atoms with Crippen molar-refractivity contribution in [1.82, 2.24) is 4.90 Å². The lowest BCUT2D eigenvalue weighted by Crippen LogP contribution is -2.47. The summed E-state index contributed by atoms with van der Waals surface area (Å²) in [5, 5.41) is 0. The van der Waals surface area contributed by atoms with Crippen LogP contribution in [-0.4, -0.2) is 31.1 Å². The van der Waals surface area contributed by atoms with E-state index in [1.54, 1.807) is 4.90 Å². The summed E-state index contributed by atoms with van der Waals surface area (Å²) in [6, 6.07) is 7.93. The molecule has 1 saturated heterocycles. The van der Waals surface area contributed by atoms with Crippen molar-refractivity contribution in [2.24, 2.45) is 5.73 Å². The van der Waals surface area contributed by atoms with E-state index in [1.165, 1.54) is 0 Å². The molecule has 1 aliphatic rings. The molecule has 0 saturated carbocycles. The van der Waals surface area contributed by atoms with Gasteiger partial charge in [-0.15, -0.1) is 0 Å². The highest BCUT2D eigenvalue weighted by molar-refractivity contribution is 5.92. The molecule has 2 amide bonds. The molecule has 0 radical (unpaired) electrons. The van der Waals surface area contributed by atoms with Crippen LogP contribution in [0.25, 0.3) is 0 Å². The van der Waals surface area contributed by atoms with Gasteiger partial charge in [-0.25, -0.2) is 4.79 Å². The van der Waals surface area contributed by atoms with Gasteiger partial charge in [-0.05, 0) is 24.1 Å². The Bertz CT molecular complexity index is 392. The monoisotopic (exact) mass is 219 g/mol. The molecule has 0 atom stereocenters. The van der Waals surface area contributed by atoms with Crippen LogP contribution in [0.1, 0.15) is 12.0 Å². The summed E-state index contributed by atoms with van der Waals surface area (Å²) in [7, 11) is 1.83. The van der Waals surface area contributed by atoms with Gasteiger partial charge < -0.3 is 10.6 Å². The zero-order chi connectivity index (χ0) is 11.5. The molecule has 1 heterocycles. The van der Waals surface area contributed by atoms with Crippen molar-refractivity contribution in [3.8, 4) is 0 Å². The molecule has 1 aromatic rings. The minimum Gasteiger partial charge on any atom is -0.327 e. The summed E-state index contributed by atoms with van der Waals surface area (Å²) >= 11 is 0. The lowest BCUT2D eigenvalue weighted by atomic mass is 10.1. The lowest BCUT2D eigenvalue weighted by molar-refractivity contribution is 0.207. The van der Waals surface area contributed by atoms with E-state index in [0.717, 1.165) is 30.8 Å². The molecular formula is C12H17N3O. The number of nitrogens with zero attached hydrogens (tertiary/aromatic N) is 2. The highest BCUT2D eigenvalue weighted by Crippen LogP contribution is 2.20. The van der Waals surface area contributed by atoms with Crippen molar-refractivity contribution in [3.63, 3.8) is 0 Å². The molecule has 0 aliphatic carbocycles. The van der Waals surface area contributed by atoms with Gasteiger partial charge in [-0.2, -0.15) is 0 Å². The van der Waals surface area contributed by atoms with E-state index in [-0.39, 0.29) is 6.03 Å². The molecular weight excluding hydrogens is 202 g/mol. The van der Waals surface area contributed by atoms with Crippen LogP contribution in [0.2, 0.25) is 0 Å². The summed E-state index contributed by atoms with van der Waals surface area (Å²) in [6.45, 7) is 2.13. The number of carbonyl (C=O) groups is 1. The molecule has 0 bridgehead atoms. The second kappa shape index (κ2) is 4.53. The van der Waals surface area contributed by atoms with Gasteiger partial charge in [-0.3, -0.25) is 4.90 Å². The fourth-order valence-electron chi connectivity index (χ4n) is 1.95. The van der Waals surface area contributed by atoms with E-state index in [2.05, 4.69) is 0 Å². The van der Waals surface area contributed by atoms with E-state index >= 15 is 0 Å². The highest BCUT2D eigenvalue weighted by atomic mass is 16.2. The minimum atomic E-state index is 0.0698. The summed E-state index contributed by atoms with van der Waals surface area (Å²) in [6.07, 6.45) is 1.01. The van der Waals surface area contributed by atoms with E-state index in [1.807, 2.05) is 36.2 Å². The molecule has 0 unspecified atom stereocenters. The van der Waals surface area contributed by atoms with Crippen LogP contribution in [0.3, 0.4) is 0 Å². The van der Waals surface area contributed by atoms with Gasteiger partial charge in [0.25, 0.3) is 0 Å². The molecule has 0 aromatic heterocycles. The highest BCUT2D eigenvalue weighted by Gasteiger charge is 2.23. The SMILES string of the molecule is CN1CCCN(c2cccc(CN)c2)C1=O. The van der Waals surface area contributed by atoms with Crippen LogP contribution in [0.5, 0.6) is 0 Å². The maximum absolute atomic E-state index is 11.9. The maximum atomic E-state index is 11.9. The van der Waals surface area contributed by atoms with Crippen LogP contribution in [0.15, 0.2) is 24.3 Å². The smallest absolute Gasteiger partial charge is 0.324 e. The Morgan fingerprint density at radius 3 is 2.94 bits per heavy atom. The lowest BCUT2D eigenvalue weighted by Gasteiger charge is -2.33. The largest absolute Gasteiger partial charge is 0.327 e. The standard InChI is InChI=1S/C12H17N3O/c1-14-6-3-7-15(12(14)16)11-5-2-4-10(8-11)9-13/h2,4-5,8H,3,6-7,9,13H2,1H3. The van der Waals surface area contributed by atoms with Crippen molar-refractivity contribution in [2.75, 3.05) is 25.0 Å². The summed E-state index contributed by atoms with van der Waals surface area (Å²) in [5.41, 5.74) is 7.59. The molecule has 1 aliphatic heterocycles. The number of hydrogen-bond acceptors (Lipinski definition) is 2. The predicted octanol–water partition coefficient (Wildman–Crippen LogP) is 1.41. The van der Waals surface area contributed by atoms with Gasteiger partial charge in [0.1, 0.15) is 0 Å². The van der Waals surface area contributed by atoms with E-state index in [0.29, 0.717) is 6.54 Å². The average molecular weight is 219 g/mol. The van der Waals surface area contributed by atoms with E-state index < -0.39 is 0 Å². The molecule has 1 fully saturated rings. The van der Waals surface area contributed by atoms with Crippen molar-refractivity contribution in [1.29, 1.82) is 0 Å². The first kappa shape index (κ1) is 11.0. The second-order valence-corrected chi connectivity index (χ2v) is 4.08. The maximum Gasteiger partial charge on any atom is 0.324 e. The van der Waals surface area contributed by atoms with Gasteiger partial charge in [0, 0.05) is 32.4 Å². The third-order valence-corrected chi connectivity index (χ3v) is 2.89. The van der Waals surface area contributed by atoms with Crippen molar-refractivity contribution < 1.29 is 4.79 Å². The Kier molecular flexibility index (Phi) is 3.10. The normalized spacial score (nSPS) is 16.8. The molecule has 86 valence electrons. The Morgan fingerprint density at radius 2 is 2.19 bits per heavy atom. The number of amides is 2. The van der Waals surface area contributed by atoms with Crippen LogP contribution in [0, 0.1) is 0 Å². The number of benzene rings is 1. The number of carbonyl (C=O) groups excluding carboxylic acids is 1. The second-order valence-electron chi connectivity index (χ2n) is 4.08. The Labute approximate surface area is 95.6 Å². The van der Waals surface area contributed by atoms with Crippen LogP contribution < -0.4 is 10.6 Å². The third-order valence-electron chi connectivity index (χ3n) is 2.89. The number of rotatable bonds is 2. The van der Waals surface area contributed by atoms with Crippen molar-refractivity contribution in [3.05, 3.63) is 29.8 Å². The first-order valence-electron chi connectivity index (χ1n) is 5.54. The molecule has 2 rings (SSSR count). The molecule has 4 heteroatoms. The zero-order valence-electron chi connectivity index (χ0n) is 9.52. The first-order chi connectivity index (χ1) is 7.72. The van der Waals surface area contributed by atoms with Crippen LogP contribution in [0.4, 0.5) is 10.5 Å². The predicted molar refractivity (Wildman–Crippen MR) is 64.3 cm³/mol. The Balaban J connectivity index is 2.25. The fraction of sp³-hybridized carbons (Fsp3) is 0.417. The molecule has 4 nitrogen and oxygen atoms in total. The Morgan fingerprint density at radius 1 is 1.38 bits per heavy atom. The van der Waals surface area contributed by atoms with Gasteiger partial charge >= 0.3 is 6.03 Å². The number of anilines is 1. The van der Waals surface area contributed by atoms with Crippen LogP contribution in [-0.2, 0) is 6.54 Å². The zero-order valence-corrected chi connectivity index (χ0v) is 9.52.